The minimum atomic E-state index is -1.13. The molecule has 1 fully saturated rings. The Kier molecular flexibility index (Phi) is 6.76. The molecular weight excluding hydrogens is 578 g/mol. The lowest BCUT2D eigenvalue weighted by Gasteiger charge is -2.25. The number of carbonyl (C=O) groups excluding carboxylic acids is 3. The fourth-order valence-electron chi connectivity index (χ4n) is 6.01. The smallest absolute Gasteiger partial charge is 0.269 e. The number of carbonyl (C=O) groups is 3. The number of anilines is 1. The number of hydrogen-bond acceptors (Lipinski definition) is 10. The SMILES string of the molecule is COc1ccc([C@H]2CC(c3cccc4ccccc34)=NN2C(=O)CN2N=N[C@@H]3C(=O)N(c4ccc([N+](=O)[O-])cc4)C(=O)[C@@H]32)cc1. The van der Waals surface area contributed by atoms with Crippen LogP contribution in [0, 0.1) is 10.1 Å². The van der Waals surface area contributed by atoms with Crippen LogP contribution in [-0.4, -0.2) is 64.1 Å². The molecule has 45 heavy (non-hydrogen) atoms. The number of amides is 3. The first kappa shape index (κ1) is 27.8. The summed E-state index contributed by atoms with van der Waals surface area (Å²) in [6, 6.07) is 23.7. The Balaban J connectivity index is 1.17. The molecule has 3 aliphatic rings. The molecule has 7 rings (SSSR count). The standard InChI is InChI=1S/C32H25N7O6/c1-45-23-15-9-20(10-16-23)27-17-26(25-8-4-6-19-5-2-3-7-24(19)25)34-38(27)28(40)18-36-30-29(33-35-36)31(41)37(32(30)42)21-11-13-22(14-12-21)39(43)44/h2-16,27,29-30H,17-18H2,1H3/t27-,29+,30-/m1/s1. The number of non-ortho nitro benzene ring substituents is 1. The molecule has 0 unspecified atom stereocenters. The van der Waals surface area contributed by atoms with Crippen molar-refractivity contribution < 1.29 is 24.0 Å². The maximum atomic E-state index is 14.0. The minimum absolute atomic E-state index is 0.176. The van der Waals surface area contributed by atoms with Crippen molar-refractivity contribution in [1.82, 2.24) is 10.0 Å². The third kappa shape index (κ3) is 4.74. The van der Waals surface area contributed by atoms with Crippen LogP contribution in [0.4, 0.5) is 11.4 Å². The molecule has 13 nitrogen and oxygen atoms in total. The normalized spacial score (nSPS) is 20.6. The quantitative estimate of drug-likeness (QED) is 0.172. The number of fused-ring (bicyclic) bond motifs is 2. The highest BCUT2D eigenvalue weighted by Gasteiger charge is 2.55. The van der Waals surface area contributed by atoms with E-state index in [4.69, 9.17) is 9.84 Å². The van der Waals surface area contributed by atoms with Gasteiger partial charge in [-0.15, -0.1) is 0 Å². The monoisotopic (exact) mass is 603 g/mol. The number of imide groups is 1. The predicted molar refractivity (Wildman–Crippen MR) is 162 cm³/mol. The zero-order valence-electron chi connectivity index (χ0n) is 23.9. The van der Waals surface area contributed by atoms with Crippen molar-refractivity contribution in [2.75, 3.05) is 18.6 Å². The summed E-state index contributed by atoms with van der Waals surface area (Å²) in [6.45, 7) is -0.350. The summed E-state index contributed by atoms with van der Waals surface area (Å²) in [5, 5.41) is 28.6. The molecule has 4 aromatic carbocycles. The number of hydrazone groups is 1. The largest absolute Gasteiger partial charge is 0.497 e. The number of hydrogen-bond donors (Lipinski definition) is 0. The summed E-state index contributed by atoms with van der Waals surface area (Å²) in [5.74, 6) is -0.995. The van der Waals surface area contributed by atoms with Crippen molar-refractivity contribution in [3.8, 4) is 5.75 Å². The summed E-state index contributed by atoms with van der Waals surface area (Å²) in [4.78, 5) is 52.0. The number of nitrogens with zero attached hydrogens (tertiary/aromatic N) is 7. The van der Waals surface area contributed by atoms with Gasteiger partial charge >= 0.3 is 0 Å². The molecule has 3 amide bonds. The Morgan fingerprint density at radius 3 is 2.42 bits per heavy atom. The first-order valence-electron chi connectivity index (χ1n) is 14.2. The number of nitro benzene ring substituents is 1. The highest BCUT2D eigenvalue weighted by Crippen LogP contribution is 2.37. The molecule has 13 heteroatoms. The van der Waals surface area contributed by atoms with Gasteiger partial charge in [-0.3, -0.25) is 29.5 Å². The minimum Gasteiger partial charge on any atom is -0.497 e. The Bertz CT molecular complexity index is 1920. The first-order valence-corrected chi connectivity index (χ1v) is 14.2. The molecule has 0 bridgehead atoms. The fraction of sp³-hybridized carbons (Fsp3) is 0.188. The number of methoxy groups -OCH3 is 1. The summed E-state index contributed by atoms with van der Waals surface area (Å²) in [5.41, 5.74) is 2.50. The van der Waals surface area contributed by atoms with Crippen LogP contribution in [0.5, 0.6) is 5.75 Å². The van der Waals surface area contributed by atoms with Crippen molar-refractivity contribution >= 4 is 45.6 Å². The van der Waals surface area contributed by atoms with E-state index in [0.717, 1.165) is 32.5 Å². The molecule has 0 aromatic heterocycles. The van der Waals surface area contributed by atoms with E-state index in [2.05, 4.69) is 10.3 Å². The number of ether oxygens (including phenoxy) is 1. The van der Waals surface area contributed by atoms with Gasteiger partial charge in [-0.1, -0.05) is 59.8 Å². The van der Waals surface area contributed by atoms with E-state index < -0.39 is 40.8 Å². The van der Waals surface area contributed by atoms with Gasteiger partial charge < -0.3 is 4.74 Å². The second kappa shape index (κ2) is 10.9. The maximum absolute atomic E-state index is 14.0. The van der Waals surface area contributed by atoms with Crippen LogP contribution < -0.4 is 9.64 Å². The van der Waals surface area contributed by atoms with E-state index >= 15 is 0 Å². The molecule has 4 aromatic rings. The molecule has 0 aliphatic carbocycles. The Morgan fingerprint density at radius 1 is 0.956 bits per heavy atom. The van der Waals surface area contributed by atoms with Crippen LogP contribution >= 0.6 is 0 Å². The van der Waals surface area contributed by atoms with Crippen molar-refractivity contribution in [2.24, 2.45) is 15.4 Å². The lowest BCUT2D eigenvalue weighted by atomic mass is 9.95. The topological polar surface area (TPSA) is 150 Å². The lowest BCUT2D eigenvalue weighted by Crippen LogP contribution is -2.44. The van der Waals surface area contributed by atoms with E-state index in [1.54, 1.807) is 7.11 Å². The van der Waals surface area contributed by atoms with E-state index in [9.17, 15) is 24.5 Å². The van der Waals surface area contributed by atoms with Gasteiger partial charge in [-0.05, 0) is 40.6 Å². The second-order valence-electron chi connectivity index (χ2n) is 10.8. The summed E-state index contributed by atoms with van der Waals surface area (Å²) < 4.78 is 5.32. The van der Waals surface area contributed by atoms with Gasteiger partial charge in [0.05, 0.1) is 29.5 Å². The van der Waals surface area contributed by atoms with E-state index in [0.29, 0.717) is 12.2 Å². The molecule has 0 N–H and O–H groups in total. The molecule has 0 spiro atoms. The zero-order valence-corrected chi connectivity index (χ0v) is 23.9. The van der Waals surface area contributed by atoms with E-state index in [-0.39, 0.29) is 17.9 Å². The fourth-order valence-corrected chi connectivity index (χ4v) is 6.01. The highest BCUT2D eigenvalue weighted by molar-refractivity contribution is 6.25. The van der Waals surface area contributed by atoms with Gasteiger partial charge in [0.25, 0.3) is 23.4 Å². The first-order chi connectivity index (χ1) is 21.8. The van der Waals surface area contributed by atoms with Crippen LogP contribution in [0.2, 0.25) is 0 Å². The molecule has 3 aliphatic heterocycles. The Hall–Kier alpha value is -5.98. The summed E-state index contributed by atoms with van der Waals surface area (Å²) in [6.07, 6.45) is 0.449. The molecule has 1 saturated heterocycles. The zero-order chi connectivity index (χ0) is 31.2. The van der Waals surface area contributed by atoms with Gasteiger partial charge in [-0.2, -0.15) is 10.2 Å². The van der Waals surface area contributed by atoms with Gasteiger partial charge in [0.2, 0.25) is 0 Å². The van der Waals surface area contributed by atoms with Crippen molar-refractivity contribution in [3.63, 3.8) is 0 Å². The van der Waals surface area contributed by atoms with Crippen LogP contribution in [0.3, 0.4) is 0 Å². The summed E-state index contributed by atoms with van der Waals surface area (Å²) >= 11 is 0. The van der Waals surface area contributed by atoms with Crippen LogP contribution in [0.1, 0.15) is 23.6 Å². The van der Waals surface area contributed by atoms with Crippen LogP contribution in [0.15, 0.2) is 106 Å². The maximum Gasteiger partial charge on any atom is 0.269 e. The molecular formula is C32H25N7O6. The second-order valence-corrected chi connectivity index (χ2v) is 10.8. The van der Waals surface area contributed by atoms with Crippen LogP contribution in [-0.2, 0) is 14.4 Å². The molecule has 0 radical (unpaired) electrons. The van der Waals surface area contributed by atoms with Crippen molar-refractivity contribution in [3.05, 3.63) is 112 Å². The Labute approximate surface area is 256 Å². The van der Waals surface area contributed by atoms with Gasteiger partial charge in [0.15, 0.2) is 12.1 Å². The average Bonchev–Trinajstić information content (AvgIpc) is 3.76. The number of nitro groups is 1. The van der Waals surface area contributed by atoms with Gasteiger partial charge in [0, 0.05) is 24.1 Å². The third-order valence-corrected chi connectivity index (χ3v) is 8.24. The summed E-state index contributed by atoms with van der Waals surface area (Å²) in [7, 11) is 1.58. The van der Waals surface area contributed by atoms with E-state index in [1.807, 2.05) is 66.7 Å². The highest BCUT2D eigenvalue weighted by atomic mass is 16.6. The van der Waals surface area contributed by atoms with Gasteiger partial charge in [-0.25, -0.2) is 9.91 Å². The van der Waals surface area contributed by atoms with Crippen molar-refractivity contribution in [1.29, 1.82) is 0 Å². The molecule has 0 saturated carbocycles. The van der Waals surface area contributed by atoms with Crippen molar-refractivity contribution in [2.45, 2.75) is 24.5 Å². The van der Waals surface area contributed by atoms with E-state index in [1.165, 1.54) is 34.3 Å². The number of benzene rings is 4. The lowest BCUT2D eigenvalue weighted by molar-refractivity contribution is -0.384. The third-order valence-electron chi connectivity index (χ3n) is 8.24. The molecule has 224 valence electrons. The van der Waals surface area contributed by atoms with Crippen LogP contribution in [0.25, 0.3) is 10.8 Å². The number of rotatable bonds is 7. The molecule has 3 atom stereocenters. The molecule has 3 heterocycles. The average molecular weight is 604 g/mol. The van der Waals surface area contributed by atoms with Gasteiger partial charge in [0.1, 0.15) is 12.3 Å². The predicted octanol–water partition coefficient (Wildman–Crippen LogP) is 4.43. The Morgan fingerprint density at radius 2 is 1.69 bits per heavy atom.